The van der Waals surface area contributed by atoms with Crippen molar-refractivity contribution in [3.05, 3.63) is 42.0 Å². The Kier molecular flexibility index (Phi) is 4.00. The molecule has 0 N–H and O–H groups in total. The summed E-state index contributed by atoms with van der Waals surface area (Å²) in [5, 5.41) is 0. The van der Waals surface area contributed by atoms with Gasteiger partial charge < -0.3 is 14.4 Å². The van der Waals surface area contributed by atoms with Crippen LogP contribution in [0.1, 0.15) is 19.4 Å². The number of aldehydes is 1. The van der Waals surface area contributed by atoms with Crippen LogP contribution in [-0.2, 0) is 16.1 Å². The Morgan fingerprint density at radius 2 is 2.00 bits per heavy atom. The van der Waals surface area contributed by atoms with E-state index >= 15 is 0 Å². The Labute approximate surface area is 137 Å². The fourth-order valence-electron chi connectivity index (χ4n) is 4.05. The number of amides is 1. The number of carbonyl (C=O) groups is 2. The SMILES string of the molecule is COc1ccc(CN2C[C@@]3(C)[C@H](C=C[C@H](C)[C@H]3C=O)C2=O)cc1. The van der Waals surface area contributed by atoms with E-state index in [1.165, 1.54) is 0 Å². The molecule has 4 nitrogen and oxygen atoms in total. The first-order valence-electron chi connectivity index (χ1n) is 8.05. The van der Waals surface area contributed by atoms with Gasteiger partial charge in [-0.1, -0.05) is 38.1 Å². The van der Waals surface area contributed by atoms with Crippen molar-refractivity contribution in [3.63, 3.8) is 0 Å². The second-order valence-corrected chi connectivity index (χ2v) is 6.93. The van der Waals surface area contributed by atoms with Gasteiger partial charge in [-0.3, -0.25) is 4.79 Å². The van der Waals surface area contributed by atoms with Gasteiger partial charge in [0, 0.05) is 24.4 Å². The number of hydrogen-bond donors (Lipinski definition) is 0. The third-order valence-corrected chi connectivity index (χ3v) is 5.43. The molecular weight excluding hydrogens is 290 g/mol. The lowest BCUT2D eigenvalue weighted by molar-refractivity contribution is -0.131. The molecule has 0 spiro atoms. The zero-order valence-electron chi connectivity index (χ0n) is 13.9. The summed E-state index contributed by atoms with van der Waals surface area (Å²) >= 11 is 0. The molecule has 4 heteroatoms. The van der Waals surface area contributed by atoms with Crippen molar-refractivity contribution in [1.29, 1.82) is 0 Å². The van der Waals surface area contributed by atoms with Crippen LogP contribution < -0.4 is 4.74 Å². The first kappa shape index (κ1) is 15.8. The van der Waals surface area contributed by atoms with Crippen molar-refractivity contribution in [3.8, 4) is 5.75 Å². The van der Waals surface area contributed by atoms with Gasteiger partial charge in [0.15, 0.2) is 0 Å². The van der Waals surface area contributed by atoms with Crippen molar-refractivity contribution in [2.75, 3.05) is 13.7 Å². The van der Waals surface area contributed by atoms with Gasteiger partial charge in [0.1, 0.15) is 12.0 Å². The fourth-order valence-corrected chi connectivity index (χ4v) is 4.05. The molecule has 1 aliphatic heterocycles. The average Bonchev–Trinajstić information content (AvgIpc) is 2.79. The largest absolute Gasteiger partial charge is 0.497 e. The number of carbonyl (C=O) groups excluding carboxylic acids is 2. The van der Waals surface area contributed by atoms with E-state index in [4.69, 9.17) is 4.74 Å². The van der Waals surface area contributed by atoms with E-state index in [1.54, 1.807) is 7.11 Å². The van der Waals surface area contributed by atoms with E-state index in [1.807, 2.05) is 48.2 Å². The van der Waals surface area contributed by atoms with Gasteiger partial charge >= 0.3 is 0 Å². The van der Waals surface area contributed by atoms with Gasteiger partial charge in [-0.25, -0.2) is 0 Å². The third-order valence-electron chi connectivity index (χ3n) is 5.43. The minimum Gasteiger partial charge on any atom is -0.497 e. The highest BCUT2D eigenvalue weighted by atomic mass is 16.5. The zero-order valence-corrected chi connectivity index (χ0v) is 13.9. The molecule has 1 saturated heterocycles. The van der Waals surface area contributed by atoms with Gasteiger partial charge in [0.05, 0.1) is 13.0 Å². The second kappa shape index (κ2) is 5.84. The Balaban J connectivity index is 1.82. The van der Waals surface area contributed by atoms with Gasteiger partial charge in [0.25, 0.3) is 0 Å². The maximum Gasteiger partial charge on any atom is 0.230 e. The van der Waals surface area contributed by atoms with Crippen LogP contribution in [0.4, 0.5) is 0 Å². The highest BCUT2D eigenvalue weighted by molar-refractivity contribution is 5.85. The van der Waals surface area contributed by atoms with Crippen LogP contribution in [0.25, 0.3) is 0 Å². The minimum absolute atomic E-state index is 0.109. The Hall–Kier alpha value is -2.10. The monoisotopic (exact) mass is 313 g/mol. The molecule has 1 aromatic carbocycles. The smallest absolute Gasteiger partial charge is 0.230 e. The lowest BCUT2D eigenvalue weighted by Gasteiger charge is -2.39. The van der Waals surface area contributed by atoms with Crippen LogP contribution in [0.3, 0.4) is 0 Å². The number of methoxy groups -OCH3 is 1. The molecule has 1 aliphatic carbocycles. The summed E-state index contributed by atoms with van der Waals surface area (Å²) in [6, 6.07) is 7.76. The standard InChI is InChI=1S/C19H23NO3/c1-13-4-9-16-18(22)20(12-19(16,2)17(13)11-21)10-14-5-7-15(23-3)8-6-14/h4-9,11,13,16-17H,10,12H2,1-3H3/t13-,16+,17+,19-/m0/s1. The zero-order chi connectivity index (χ0) is 16.6. The van der Waals surface area contributed by atoms with Crippen LogP contribution in [0.5, 0.6) is 5.75 Å². The first-order chi connectivity index (χ1) is 11.0. The van der Waals surface area contributed by atoms with E-state index in [-0.39, 0.29) is 29.1 Å². The predicted molar refractivity (Wildman–Crippen MR) is 87.9 cm³/mol. The summed E-state index contributed by atoms with van der Waals surface area (Å²) in [7, 11) is 1.64. The number of allylic oxidation sites excluding steroid dienone is 1. The normalized spacial score (nSPS) is 32.7. The molecule has 1 fully saturated rings. The lowest BCUT2D eigenvalue weighted by Crippen LogP contribution is -2.41. The van der Waals surface area contributed by atoms with E-state index in [9.17, 15) is 9.59 Å². The van der Waals surface area contributed by atoms with E-state index < -0.39 is 0 Å². The van der Waals surface area contributed by atoms with Gasteiger partial charge in [-0.05, 0) is 23.6 Å². The van der Waals surface area contributed by atoms with Crippen LogP contribution in [-0.4, -0.2) is 30.7 Å². The topological polar surface area (TPSA) is 46.6 Å². The van der Waals surface area contributed by atoms with Gasteiger partial charge in [-0.15, -0.1) is 0 Å². The number of nitrogens with zero attached hydrogens (tertiary/aromatic N) is 1. The van der Waals surface area contributed by atoms with E-state index in [2.05, 4.69) is 6.92 Å². The number of rotatable bonds is 4. The quantitative estimate of drug-likeness (QED) is 0.634. The van der Waals surface area contributed by atoms with Crippen LogP contribution in [0.2, 0.25) is 0 Å². The van der Waals surface area contributed by atoms with Crippen LogP contribution in [0.15, 0.2) is 36.4 Å². The molecule has 0 aromatic heterocycles. The predicted octanol–water partition coefficient (Wildman–Crippen LogP) is 2.68. The van der Waals surface area contributed by atoms with Crippen molar-refractivity contribution >= 4 is 12.2 Å². The Morgan fingerprint density at radius 3 is 2.61 bits per heavy atom. The lowest BCUT2D eigenvalue weighted by atomic mass is 9.62. The second-order valence-electron chi connectivity index (χ2n) is 6.93. The van der Waals surface area contributed by atoms with Crippen molar-refractivity contribution in [1.82, 2.24) is 4.90 Å². The van der Waals surface area contributed by atoms with Gasteiger partial charge in [0.2, 0.25) is 5.91 Å². The van der Waals surface area contributed by atoms with Crippen molar-refractivity contribution < 1.29 is 14.3 Å². The number of hydrogen-bond acceptors (Lipinski definition) is 3. The molecule has 2 aliphatic rings. The number of likely N-dealkylation sites (tertiary alicyclic amines) is 1. The minimum atomic E-state index is -0.306. The first-order valence-corrected chi connectivity index (χ1v) is 8.05. The highest BCUT2D eigenvalue weighted by Gasteiger charge is 2.54. The molecule has 4 atom stereocenters. The Morgan fingerprint density at radius 1 is 1.30 bits per heavy atom. The maximum atomic E-state index is 12.8. The third kappa shape index (κ3) is 2.56. The summed E-state index contributed by atoms with van der Waals surface area (Å²) in [4.78, 5) is 26.2. The van der Waals surface area contributed by atoms with Gasteiger partial charge in [-0.2, -0.15) is 0 Å². The number of benzene rings is 1. The summed E-state index contributed by atoms with van der Waals surface area (Å²) in [6.45, 7) is 5.32. The molecule has 1 aromatic rings. The van der Waals surface area contributed by atoms with Crippen molar-refractivity contribution in [2.24, 2.45) is 23.2 Å². The molecule has 1 heterocycles. The molecule has 0 bridgehead atoms. The summed E-state index contributed by atoms with van der Waals surface area (Å²) in [6.07, 6.45) is 5.05. The summed E-state index contributed by atoms with van der Waals surface area (Å²) in [5.41, 5.74) is 0.764. The molecule has 0 saturated carbocycles. The van der Waals surface area contributed by atoms with E-state index in [0.717, 1.165) is 17.6 Å². The van der Waals surface area contributed by atoms with Crippen molar-refractivity contribution in [2.45, 2.75) is 20.4 Å². The molecule has 0 radical (unpaired) electrons. The molecule has 1 amide bonds. The van der Waals surface area contributed by atoms with Crippen LogP contribution in [0, 0.1) is 23.2 Å². The van der Waals surface area contributed by atoms with E-state index in [0.29, 0.717) is 13.1 Å². The summed E-state index contributed by atoms with van der Waals surface area (Å²) in [5.74, 6) is 0.815. The summed E-state index contributed by atoms with van der Waals surface area (Å²) < 4.78 is 5.17. The highest BCUT2D eigenvalue weighted by Crippen LogP contribution is 2.49. The fraction of sp³-hybridized carbons (Fsp3) is 0.474. The number of fused-ring (bicyclic) bond motifs is 1. The Bertz CT molecular complexity index is 637. The molecule has 0 unspecified atom stereocenters. The van der Waals surface area contributed by atoms with Crippen LogP contribution >= 0.6 is 0 Å². The molecular formula is C19H23NO3. The average molecular weight is 313 g/mol. The molecule has 23 heavy (non-hydrogen) atoms. The maximum absolute atomic E-state index is 12.8. The molecule has 122 valence electrons. The number of ether oxygens (including phenoxy) is 1. The molecule has 3 rings (SSSR count).